The summed E-state index contributed by atoms with van der Waals surface area (Å²) in [5.41, 5.74) is 4.81. The molecule has 4 aromatic carbocycles. The van der Waals surface area contributed by atoms with Gasteiger partial charge in [-0.2, -0.15) is 0 Å². The Hall–Kier alpha value is -4.14. The van der Waals surface area contributed by atoms with Crippen LogP contribution in [0.4, 0.5) is 0 Å². The van der Waals surface area contributed by atoms with Crippen LogP contribution in [-0.4, -0.2) is 36.2 Å². The van der Waals surface area contributed by atoms with Crippen LogP contribution >= 0.6 is 11.6 Å². The summed E-state index contributed by atoms with van der Waals surface area (Å²) in [6, 6.07) is 25.0. The first-order chi connectivity index (χ1) is 20.7. The second-order valence-electron chi connectivity index (χ2n) is 10.9. The Bertz CT molecular complexity index is 1910. The van der Waals surface area contributed by atoms with Gasteiger partial charge in [-0.05, 0) is 90.7 Å². The highest BCUT2D eigenvalue weighted by Crippen LogP contribution is 2.37. The lowest BCUT2D eigenvalue weighted by Gasteiger charge is -2.25. The number of carbonyl (C=O) groups is 1. The van der Waals surface area contributed by atoms with E-state index in [1.54, 1.807) is 54.6 Å². The SMILES string of the molecule is COc1ccc(-c2ccc(Cl)cc2)cc1CS(=O)(=O)c1ccc(-c2nc3cc(C(=O)O)ccc3n2C2CCCCC2)cc1. The number of rotatable bonds is 8. The number of aromatic carboxylic acids is 1. The van der Waals surface area contributed by atoms with Crippen LogP contribution in [0.2, 0.25) is 5.02 Å². The molecule has 1 saturated carbocycles. The van der Waals surface area contributed by atoms with E-state index in [2.05, 4.69) is 4.57 Å². The number of hydrogen-bond acceptors (Lipinski definition) is 5. The van der Waals surface area contributed by atoms with Crippen LogP contribution in [0.5, 0.6) is 5.75 Å². The molecule has 0 saturated heterocycles. The number of carboxylic acid groups (broad SMARTS) is 1. The van der Waals surface area contributed by atoms with Crippen molar-refractivity contribution in [3.05, 3.63) is 101 Å². The second-order valence-corrected chi connectivity index (χ2v) is 13.3. The molecule has 0 bridgehead atoms. The molecule has 1 aromatic heterocycles. The van der Waals surface area contributed by atoms with Crippen LogP contribution < -0.4 is 4.74 Å². The fourth-order valence-corrected chi connectivity index (χ4v) is 7.44. The van der Waals surface area contributed by atoms with Gasteiger partial charge in [-0.3, -0.25) is 0 Å². The summed E-state index contributed by atoms with van der Waals surface area (Å²) in [4.78, 5) is 16.7. The van der Waals surface area contributed by atoms with Crippen molar-refractivity contribution in [3.63, 3.8) is 0 Å². The number of methoxy groups -OCH3 is 1. The van der Waals surface area contributed by atoms with Gasteiger partial charge in [0, 0.05) is 22.2 Å². The first-order valence-electron chi connectivity index (χ1n) is 14.2. The molecule has 6 rings (SSSR count). The van der Waals surface area contributed by atoms with Gasteiger partial charge in [0.15, 0.2) is 9.84 Å². The third-order valence-corrected chi connectivity index (χ3v) is 10.1. The number of carboxylic acids is 1. The molecule has 0 unspecified atom stereocenters. The Labute approximate surface area is 255 Å². The molecule has 7 nitrogen and oxygen atoms in total. The first-order valence-corrected chi connectivity index (χ1v) is 16.3. The van der Waals surface area contributed by atoms with Crippen LogP contribution in [0.25, 0.3) is 33.5 Å². The molecule has 1 aliphatic carbocycles. The number of aromatic nitrogens is 2. The lowest BCUT2D eigenvalue weighted by atomic mass is 9.95. The van der Waals surface area contributed by atoms with Crippen molar-refractivity contribution < 1.29 is 23.1 Å². The van der Waals surface area contributed by atoms with E-state index in [1.165, 1.54) is 13.5 Å². The third-order valence-electron chi connectivity index (χ3n) is 8.15. The fourth-order valence-electron chi connectivity index (χ4n) is 5.96. The summed E-state index contributed by atoms with van der Waals surface area (Å²) in [7, 11) is -2.19. The minimum atomic E-state index is -3.71. The largest absolute Gasteiger partial charge is 0.496 e. The van der Waals surface area contributed by atoms with Crippen LogP contribution in [0.15, 0.2) is 89.8 Å². The Kier molecular flexibility index (Phi) is 7.99. The first kappa shape index (κ1) is 29.0. The number of nitrogens with zero attached hydrogens (tertiary/aromatic N) is 2. The highest BCUT2D eigenvalue weighted by Gasteiger charge is 2.24. The molecule has 0 amide bonds. The molecule has 43 heavy (non-hydrogen) atoms. The van der Waals surface area contributed by atoms with Crippen molar-refractivity contribution in [1.82, 2.24) is 9.55 Å². The van der Waals surface area contributed by atoms with E-state index in [0.717, 1.165) is 47.9 Å². The van der Waals surface area contributed by atoms with E-state index in [9.17, 15) is 18.3 Å². The quantitative estimate of drug-likeness (QED) is 0.189. The normalized spacial score (nSPS) is 14.2. The van der Waals surface area contributed by atoms with Gasteiger partial charge in [-0.1, -0.05) is 49.1 Å². The minimum absolute atomic E-state index is 0.185. The number of fused-ring (bicyclic) bond motifs is 1. The average molecular weight is 615 g/mol. The van der Waals surface area contributed by atoms with E-state index >= 15 is 0 Å². The predicted octanol–water partition coefficient (Wildman–Crippen LogP) is 8.21. The lowest BCUT2D eigenvalue weighted by molar-refractivity contribution is 0.0697. The van der Waals surface area contributed by atoms with E-state index in [1.807, 2.05) is 30.3 Å². The van der Waals surface area contributed by atoms with Gasteiger partial charge >= 0.3 is 5.97 Å². The van der Waals surface area contributed by atoms with E-state index < -0.39 is 15.8 Å². The molecule has 220 valence electrons. The Balaban J connectivity index is 1.34. The Morgan fingerprint density at radius 1 is 0.907 bits per heavy atom. The molecule has 1 heterocycles. The number of sulfone groups is 1. The molecule has 5 aromatic rings. The van der Waals surface area contributed by atoms with Gasteiger partial charge in [-0.25, -0.2) is 18.2 Å². The van der Waals surface area contributed by atoms with E-state index in [0.29, 0.717) is 27.7 Å². The zero-order chi connectivity index (χ0) is 30.1. The average Bonchev–Trinajstić information content (AvgIpc) is 3.40. The highest BCUT2D eigenvalue weighted by molar-refractivity contribution is 7.90. The topological polar surface area (TPSA) is 98.5 Å². The summed E-state index contributed by atoms with van der Waals surface area (Å²) < 4.78 is 34.9. The Morgan fingerprint density at radius 2 is 1.58 bits per heavy atom. The molecular weight excluding hydrogens is 584 g/mol. The van der Waals surface area contributed by atoms with Crippen molar-refractivity contribution >= 4 is 38.4 Å². The van der Waals surface area contributed by atoms with E-state index in [-0.39, 0.29) is 22.3 Å². The van der Waals surface area contributed by atoms with Crippen LogP contribution in [0.3, 0.4) is 0 Å². The number of ether oxygens (including phenoxy) is 1. The summed E-state index contributed by atoms with van der Waals surface area (Å²) >= 11 is 6.04. The highest BCUT2D eigenvalue weighted by atomic mass is 35.5. The van der Waals surface area contributed by atoms with Gasteiger partial charge in [-0.15, -0.1) is 0 Å². The molecule has 1 aliphatic rings. The predicted molar refractivity (Wildman–Crippen MR) is 169 cm³/mol. The molecule has 9 heteroatoms. The Morgan fingerprint density at radius 3 is 2.26 bits per heavy atom. The number of imidazole rings is 1. The molecule has 0 spiro atoms. The van der Waals surface area contributed by atoms with E-state index in [4.69, 9.17) is 21.3 Å². The zero-order valence-electron chi connectivity index (χ0n) is 23.7. The molecule has 0 atom stereocenters. The van der Waals surface area contributed by atoms with Crippen molar-refractivity contribution in [2.24, 2.45) is 0 Å². The number of halogens is 1. The maximum Gasteiger partial charge on any atom is 0.335 e. The van der Waals surface area contributed by atoms with Crippen molar-refractivity contribution in [2.45, 2.75) is 48.8 Å². The zero-order valence-corrected chi connectivity index (χ0v) is 25.2. The second kappa shape index (κ2) is 11.9. The van der Waals surface area contributed by atoms with Gasteiger partial charge in [0.2, 0.25) is 0 Å². The fraction of sp³-hybridized carbons (Fsp3) is 0.235. The van der Waals surface area contributed by atoms with Gasteiger partial charge in [0.1, 0.15) is 11.6 Å². The number of hydrogen-bond donors (Lipinski definition) is 1. The molecule has 0 radical (unpaired) electrons. The maximum absolute atomic E-state index is 13.6. The lowest BCUT2D eigenvalue weighted by Crippen LogP contribution is -2.14. The van der Waals surface area contributed by atoms with Gasteiger partial charge in [0.25, 0.3) is 0 Å². The minimum Gasteiger partial charge on any atom is -0.496 e. The van der Waals surface area contributed by atoms with Gasteiger partial charge < -0.3 is 14.4 Å². The standard InChI is InChI=1S/C34H31ClN2O5S/c1-42-32-18-12-24(22-7-13-27(35)14-8-22)19-26(32)21-43(40,41)29-15-9-23(10-16-29)33-36-30-20-25(34(38)39)11-17-31(30)37(33)28-5-3-2-4-6-28/h7-20,28H,2-6,21H2,1H3,(H,38,39). The maximum atomic E-state index is 13.6. The monoisotopic (exact) mass is 614 g/mol. The molecule has 1 N–H and O–H groups in total. The van der Waals surface area contributed by atoms with Crippen molar-refractivity contribution in [3.8, 4) is 28.3 Å². The summed E-state index contributed by atoms with van der Waals surface area (Å²) in [5.74, 6) is -0.0127. The van der Waals surface area contributed by atoms with Crippen molar-refractivity contribution in [1.29, 1.82) is 0 Å². The third kappa shape index (κ3) is 5.90. The van der Waals surface area contributed by atoms with Crippen LogP contribution in [0, 0.1) is 0 Å². The summed E-state index contributed by atoms with van der Waals surface area (Å²) in [6.45, 7) is 0. The number of benzene rings is 4. The van der Waals surface area contributed by atoms with Crippen LogP contribution in [0.1, 0.15) is 54.1 Å². The smallest absolute Gasteiger partial charge is 0.335 e. The summed E-state index contributed by atoms with van der Waals surface area (Å²) in [6.07, 6.45) is 5.47. The molecular formula is C34H31ClN2O5S. The molecule has 1 fully saturated rings. The van der Waals surface area contributed by atoms with Crippen LogP contribution in [-0.2, 0) is 15.6 Å². The summed E-state index contributed by atoms with van der Waals surface area (Å²) in [5, 5.41) is 10.1. The molecule has 0 aliphatic heterocycles. The van der Waals surface area contributed by atoms with Gasteiger partial charge in [0.05, 0.1) is 34.4 Å². The van der Waals surface area contributed by atoms with Crippen molar-refractivity contribution in [2.75, 3.05) is 7.11 Å².